The van der Waals surface area contributed by atoms with Gasteiger partial charge in [0.1, 0.15) is 0 Å². The van der Waals surface area contributed by atoms with Crippen LogP contribution in [0.4, 0.5) is 0 Å². The molecular weight excluding hydrogens is 158 g/mol. The summed E-state index contributed by atoms with van der Waals surface area (Å²) in [6, 6.07) is 0.650. The molecule has 3 heteroatoms. The Morgan fingerprint density at radius 3 is 2.64 bits per heavy atom. The van der Waals surface area contributed by atoms with Crippen molar-refractivity contribution in [2.75, 3.05) is 25.6 Å². The number of hydrogen-bond donors (Lipinski definition) is 1. The van der Waals surface area contributed by atoms with Gasteiger partial charge < -0.3 is 10.0 Å². The molecule has 0 amide bonds. The van der Waals surface area contributed by atoms with E-state index in [0.717, 1.165) is 19.4 Å². The van der Waals surface area contributed by atoms with Crippen molar-refractivity contribution >= 4 is 11.8 Å². The molecule has 1 aliphatic carbocycles. The predicted octanol–water partition coefficient (Wildman–Crippen LogP) is 0.805. The topological polar surface area (TPSA) is 23.5 Å². The van der Waals surface area contributed by atoms with Crippen LogP contribution in [0, 0.1) is 0 Å². The third-order valence-electron chi connectivity index (χ3n) is 2.36. The number of rotatable bonds is 4. The standard InChI is InChI=1S/C8H17NOS/c1-9(3-4-11-2)7-5-8(10)6-7/h7-8,10H,3-6H2,1-2H3. The SMILES string of the molecule is CSCCN(C)C1CC(O)C1. The second-order valence-corrected chi connectivity index (χ2v) is 4.24. The van der Waals surface area contributed by atoms with E-state index in [-0.39, 0.29) is 6.10 Å². The fraction of sp³-hybridized carbons (Fsp3) is 1.00. The summed E-state index contributed by atoms with van der Waals surface area (Å²) in [5, 5.41) is 9.06. The second kappa shape index (κ2) is 4.33. The van der Waals surface area contributed by atoms with Crippen molar-refractivity contribution in [2.45, 2.75) is 25.0 Å². The number of hydrogen-bond acceptors (Lipinski definition) is 3. The molecule has 0 saturated heterocycles. The summed E-state index contributed by atoms with van der Waals surface area (Å²) in [4.78, 5) is 2.35. The lowest BCUT2D eigenvalue weighted by molar-refractivity contribution is 0.0147. The average Bonchev–Trinajstić information content (AvgIpc) is 1.94. The van der Waals surface area contributed by atoms with Gasteiger partial charge in [0.05, 0.1) is 6.10 Å². The van der Waals surface area contributed by atoms with Gasteiger partial charge in [-0.2, -0.15) is 11.8 Å². The highest BCUT2D eigenvalue weighted by Gasteiger charge is 2.29. The molecule has 0 bridgehead atoms. The molecule has 11 heavy (non-hydrogen) atoms. The van der Waals surface area contributed by atoms with Gasteiger partial charge in [-0.1, -0.05) is 0 Å². The van der Waals surface area contributed by atoms with E-state index in [2.05, 4.69) is 18.2 Å². The zero-order valence-electron chi connectivity index (χ0n) is 7.29. The summed E-state index contributed by atoms with van der Waals surface area (Å²) in [6.07, 6.45) is 4.07. The van der Waals surface area contributed by atoms with E-state index < -0.39 is 0 Å². The van der Waals surface area contributed by atoms with Crippen LogP contribution in [0.25, 0.3) is 0 Å². The van der Waals surface area contributed by atoms with Gasteiger partial charge in [0, 0.05) is 18.3 Å². The first-order valence-corrected chi connectivity index (χ1v) is 5.50. The van der Waals surface area contributed by atoms with Gasteiger partial charge in [-0.25, -0.2) is 0 Å². The van der Waals surface area contributed by atoms with E-state index in [1.807, 2.05) is 11.8 Å². The van der Waals surface area contributed by atoms with Crippen LogP contribution in [-0.4, -0.2) is 47.8 Å². The lowest BCUT2D eigenvalue weighted by Gasteiger charge is -2.38. The zero-order valence-corrected chi connectivity index (χ0v) is 8.10. The average molecular weight is 175 g/mol. The fourth-order valence-electron chi connectivity index (χ4n) is 1.34. The number of aliphatic hydroxyl groups excluding tert-OH is 1. The van der Waals surface area contributed by atoms with E-state index in [1.54, 1.807) is 0 Å². The fourth-order valence-corrected chi connectivity index (χ4v) is 1.81. The van der Waals surface area contributed by atoms with Crippen LogP contribution in [0.15, 0.2) is 0 Å². The highest BCUT2D eigenvalue weighted by molar-refractivity contribution is 7.98. The molecule has 1 rings (SSSR count). The van der Waals surface area contributed by atoms with Gasteiger partial charge in [0.2, 0.25) is 0 Å². The highest BCUT2D eigenvalue weighted by Crippen LogP contribution is 2.24. The first kappa shape index (κ1) is 9.36. The minimum Gasteiger partial charge on any atom is -0.393 e. The summed E-state index contributed by atoms with van der Waals surface area (Å²) in [5.41, 5.74) is 0. The Morgan fingerprint density at radius 2 is 2.18 bits per heavy atom. The third-order valence-corrected chi connectivity index (χ3v) is 2.95. The predicted molar refractivity (Wildman–Crippen MR) is 50.0 cm³/mol. The number of thioether (sulfide) groups is 1. The first-order valence-electron chi connectivity index (χ1n) is 4.11. The molecule has 66 valence electrons. The van der Waals surface area contributed by atoms with Gasteiger partial charge in [-0.05, 0) is 26.1 Å². The van der Waals surface area contributed by atoms with Crippen molar-refractivity contribution in [3.8, 4) is 0 Å². The van der Waals surface area contributed by atoms with Crippen molar-refractivity contribution in [3.63, 3.8) is 0 Å². The van der Waals surface area contributed by atoms with Crippen LogP contribution in [0.1, 0.15) is 12.8 Å². The normalized spacial score (nSPS) is 30.5. The van der Waals surface area contributed by atoms with Crippen LogP contribution in [0.3, 0.4) is 0 Å². The Labute approximate surface area is 73.0 Å². The van der Waals surface area contributed by atoms with Crippen LogP contribution >= 0.6 is 11.8 Å². The molecule has 0 spiro atoms. The van der Waals surface area contributed by atoms with E-state index in [4.69, 9.17) is 5.11 Å². The molecular formula is C8H17NOS. The zero-order chi connectivity index (χ0) is 8.27. The third kappa shape index (κ3) is 2.65. The maximum Gasteiger partial charge on any atom is 0.0570 e. The molecule has 0 aromatic rings. The maximum atomic E-state index is 9.06. The van der Waals surface area contributed by atoms with Crippen molar-refractivity contribution in [1.82, 2.24) is 4.90 Å². The van der Waals surface area contributed by atoms with Gasteiger partial charge >= 0.3 is 0 Å². The lowest BCUT2D eigenvalue weighted by atomic mass is 9.88. The van der Waals surface area contributed by atoms with Crippen LogP contribution in [0.2, 0.25) is 0 Å². The molecule has 1 N–H and O–H groups in total. The molecule has 0 unspecified atom stereocenters. The van der Waals surface area contributed by atoms with Crippen molar-refractivity contribution in [1.29, 1.82) is 0 Å². The Hall–Kier alpha value is 0.270. The maximum absolute atomic E-state index is 9.06. The smallest absolute Gasteiger partial charge is 0.0570 e. The first-order chi connectivity index (χ1) is 5.24. The van der Waals surface area contributed by atoms with Gasteiger partial charge in [-0.15, -0.1) is 0 Å². The molecule has 0 aliphatic heterocycles. The monoisotopic (exact) mass is 175 g/mol. The van der Waals surface area contributed by atoms with E-state index in [1.165, 1.54) is 5.75 Å². The van der Waals surface area contributed by atoms with Crippen molar-refractivity contribution in [2.24, 2.45) is 0 Å². The van der Waals surface area contributed by atoms with E-state index in [0.29, 0.717) is 6.04 Å². The summed E-state index contributed by atoms with van der Waals surface area (Å²) in [5.74, 6) is 1.20. The number of nitrogens with zero attached hydrogens (tertiary/aromatic N) is 1. The van der Waals surface area contributed by atoms with Crippen LogP contribution in [0.5, 0.6) is 0 Å². The lowest BCUT2D eigenvalue weighted by Crippen LogP contribution is -2.45. The quantitative estimate of drug-likeness (QED) is 0.684. The summed E-state index contributed by atoms with van der Waals surface area (Å²) < 4.78 is 0. The highest BCUT2D eigenvalue weighted by atomic mass is 32.2. The van der Waals surface area contributed by atoms with Gasteiger partial charge in [0.25, 0.3) is 0 Å². The van der Waals surface area contributed by atoms with Crippen molar-refractivity contribution in [3.05, 3.63) is 0 Å². The number of aliphatic hydroxyl groups is 1. The van der Waals surface area contributed by atoms with Crippen LogP contribution in [-0.2, 0) is 0 Å². The van der Waals surface area contributed by atoms with Crippen molar-refractivity contribution < 1.29 is 5.11 Å². The molecule has 1 fully saturated rings. The Bertz CT molecular complexity index is 115. The summed E-state index contributed by atoms with van der Waals surface area (Å²) >= 11 is 1.88. The van der Waals surface area contributed by atoms with Crippen LogP contribution < -0.4 is 0 Å². The molecule has 0 radical (unpaired) electrons. The molecule has 1 aliphatic rings. The Morgan fingerprint density at radius 1 is 1.55 bits per heavy atom. The Balaban J connectivity index is 2.06. The van der Waals surface area contributed by atoms with E-state index >= 15 is 0 Å². The second-order valence-electron chi connectivity index (χ2n) is 3.25. The summed E-state index contributed by atoms with van der Waals surface area (Å²) in [6.45, 7) is 1.15. The minimum absolute atomic E-state index is 0.0169. The molecule has 1 saturated carbocycles. The van der Waals surface area contributed by atoms with E-state index in [9.17, 15) is 0 Å². The Kier molecular flexibility index (Phi) is 3.69. The molecule has 0 atom stereocenters. The molecule has 2 nitrogen and oxygen atoms in total. The molecule has 0 heterocycles. The molecule has 0 aromatic carbocycles. The molecule has 0 aromatic heterocycles. The van der Waals surface area contributed by atoms with Gasteiger partial charge in [-0.3, -0.25) is 0 Å². The van der Waals surface area contributed by atoms with Gasteiger partial charge in [0.15, 0.2) is 0 Å². The summed E-state index contributed by atoms with van der Waals surface area (Å²) in [7, 11) is 2.15. The minimum atomic E-state index is -0.0169. The largest absolute Gasteiger partial charge is 0.393 e.